The van der Waals surface area contributed by atoms with Crippen molar-refractivity contribution in [3.05, 3.63) is 65.7 Å². The highest BCUT2D eigenvalue weighted by molar-refractivity contribution is 7.91. The summed E-state index contributed by atoms with van der Waals surface area (Å²) >= 11 is 1.60. The number of anilines is 2. The van der Waals surface area contributed by atoms with Crippen LogP contribution in [-0.4, -0.2) is 16.4 Å². The molecule has 0 aliphatic rings. The van der Waals surface area contributed by atoms with Crippen LogP contribution in [0.1, 0.15) is 10.6 Å². The van der Waals surface area contributed by atoms with E-state index in [0.29, 0.717) is 27.2 Å². The first-order valence-electron chi connectivity index (χ1n) is 8.33. The number of nitrogens with one attached hydrogen (secondary N) is 2. The van der Waals surface area contributed by atoms with Gasteiger partial charge in [-0.3, -0.25) is 4.79 Å². The van der Waals surface area contributed by atoms with Crippen LogP contribution < -0.4 is 11.1 Å². The summed E-state index contributed by atoms with van der Waals surface area (Å²) < 4.78 is 25.2. The van der Waals surface area contributed by atoms with Crippen LogP contribution in [0.25, 0.3) is 21.4 Å². The summed E-state index contributed by atoms with van der Waals surface area (Å²) in [5.74, 6) is -0.323. The summed E-state index contributed by atoms with van der Waals surface area (Å²) in [7, 11) is -2.84. The lowest BCUT2D eigenvalue weighted by molar-refractivity contribution is 0.0999. The number of hydrogen-bond donors (Lipinski definition) is 3. The normalized spacial score (nSPS) is 13.3. The Balaban J connectivity index is 1.64. The minimum Gasteiger partial charge on any atom is -0.451 e. The van der Waals surface area contributed by atoms with Crippen LogP contribution in [0.2, 0.25) is 0 Å². The zero-order chi connectivity index (χ0) is 19.9. The van der Waals surface area contributed by atoms with E-state index in [-0.39, 0.29) is 5.76 Å². The number of benzene rings is 2. The van der Waals surface area contributed by atoms with Crippen molar-refractivity contribution in [1.29, 1.82) is 4.78 Å². The van der Waals surface area contributed by atoms with E-state index in [9.17, 15) is 9.00 Å². The molecule has 142 valence electrons. The maximum absolute atomic E-state index is 12.7. The molecule has 28 heavy (non-hydrogen) atoms. The number of nitrogens with two attached hydrogens (primary N) is 1. The summed E-state index contributed by atoms with van der Waals surface area (Å²) in [5.41, 5.74) is 8.41. The molecule has 4 N–H and O–H groups in total. The number of rotatable bonds is 4. The molecule has 6 nitrogen and oxygen atoms in total. The third-order valence-electron chi connectivity index (χ3n) is 4.27. The number of amides is 1. The largest absolute Gasteiger partial charge is 0.451 e. The fraction of sp³-hybridized carbons (Fsp3) is 0.0500. The van der Waals surface area contributed by atoms with E-state index in [1.54, 1.807) is 41.7 Å². The van der Waals surface area contributed by atoms with Crippen molar-refractivity contribution in [2.75, 3.05) is 17.3 Å². The van der Waals surface area contributed by atoms with Crippen LogP contribution in [0.15, 0.2) is 69.3 Å². The predicted molar refractivity (Wildman–Crippen MR) is 113 cm³/mol. The monoisotopic (exact) mass is 411 g/mol. The second kappa shape index (κ2) is 6.81. The number of furan rings is 1. The molecule has 2 heterocycles. The average Bonchev–Trinajstić information content (AvgIpc) is 3.31. The van der Waals surface area contributed by atoms with E-state index >= 15 is 0 Å². The highest BCUT2D eigenvalue weighted by Gasteiger charge is 2.16. The Morgan fingerprint density at radius 3 is 2.71 bits per heavy atom. The molecule has 0 bridgehead atoms. The first-order valence-corrected chi connectivity index (χ1v) is 11.2. The molecule has 4 rings (SSSR count). The van der Waals surface area contributed by atoms with Gasteiger partial charge in [0.05, 0.1) is 21.1 Å². The Hall–Kier alpha value is -3.10. The molecule has 0 saturated carbocycles. The minimum atomic E-state index is -2.84. The van der Waals surface area contributed by atoms with Crippen LogP contribution in [0.4, 0.5) is 11.4 Å². The molecule has 8 heteroatoms. The van der Waals surface area contributed by atoms with Crippen LogP contribution in [-0.2, 0) is 9.73 Å². The zero-order valence-electron chi connectivity index (χ0n) is 14.9. The molecular weight excluding hydrogens is 394 g/mol. The molecule has 4 aromatic rings. The molecule has 1 amide bonds. The van der Waals surface area contributed by atoms with Crippen molar-refractivity contribution in [3.63, 3.8) is 0 Å². The lowest BCUT2D eigenvalue weighted by atomic mass is 10.1. The van der Waals surface area contributed by atoms with Gasteiger partial charge in [0.15, 0.2) is 5.76 Å². The second-order valence-electron chi connectivity index (χ2n) is 6.39. The van der Waals surface area contributed by atoms with E-state index in [0.717, 1.165) is 10.4 Å². The van der Waals surface area contributed by atoms with Gasteiger partial charge in [0.1, 0.15) is 5.58 Å². The van der Waals surface area contributed by atoms with Crippen LogP contribution in [0.5, 0.6) is 0 Å². The van der Waals surface area contributed by atoms with Crippen molar-refractivity contribution in [3.8, 4) is 10.4 Å². The molecule has 1 atom stereocenters. The second-order valence-corrected chi connectivity index (χ2v) is 9.49. The number of fused-ring (bicyclic) bond motifs is 1. The Morgan fingerprint density at radius 1 is 1.18 bits per heavy atom. The van der Waals surface area contributed by atoms with Crippen molar-refractivity contribution in [1.82, 2.24) is 0 Å². The molecule has 0 saturated heterocycles. The molecule has 0 fully saturated rings. The van der Waals surface area contributed by atoms with E-state index in [4.69, 9.17) is 14.9 Å². The lowest BCUT2D eigenvalue weighted by Crippen LogP contribution is -2.12. The maximum Gasteiger partial charge on any atom is 0.291 e. The summed E-state index contributed by atoms with van der Waals surface area (Å²) in [6.45, 7) is 0. The lowest BCUT2D eigenvalue weighted by Gasteiger charge is -2.08. The SMILES string of the molecule is CS(=N)(=O)c1ccc2oc(C(=O)Nc3cc(-c4cccs4)ccc3N)cc2c1. The van der Waals surface area contributed by atoms with E-state index in [2.05, 4.69) is 5.32 Å². The van der Waals surface area contributed by atoms with Crippen molar-refractivity contribution in [2.45, 2.75) is 4.90 Å². The van der Waals surface area contributed by atoms with Crippen LogP contribution >= 0.6 is 11.3 Å². The van der Waals surface area contributed by atoms with Crippen molar-refractivity contribution >= 4 is 49.3 Å². The van der Waals surface area contributed by atoms with E-state index in [1.165, 1.54) is 6.26 Å². The number of hydrogen-bond acceptors (Lipinski definition) is 6. The molecule has 0 aliphatic carbocycles. The Kier molecular flexibility index (Phi) is 4.44. The van der Waals surface area contributed by atoms with Crippen molar-refractivity contribution in [2.24, 2.45) is 0 Å². The van der Waals surface area contributed by atoms with E-state index in [1.807, 2.05) is 29.6 Å². The van der Waals surface area contributed by atoms with Gasteiger partial charge in [-0.05, 0) is 53.4 Å². The van der Waals surface area contributed by atoms with Crippen LogP contribution in [0.3, 0.4) is 0 Å². The third-order valence-corrected chi connectivity index (χ3v) is 6.34. The predicted octanol–water partition coefficient (Wildman–Crippen LogP) is 5.03. The summed E-state index contributed by atoms with van der Waals surface area (Å²) in [6, 6.07) is 15.8. The van der Waals surface area contributed by atoms with Gasteiger partial charge < -0.3 is 15.5 Å². The molecule has 1 unspecified atom stereocenters. The number of carbonyl (C=O) groups is 1. The molecule has 0 spiro atoms. The summed E-state index contributed by atoms with van der Waals surface area (Å²) in [4.78, 5) is 14.1. The van der Waals surface area contributed by atoms with Gasteiger partial charge in [-0.2, -0.15) is 0 Å². The van der Waals surface area contributed by atoms with E-state index < -0.39 is 15.6 Å². The number of thiophene rings is 1. The Bertz CT molecular complexity index is 1290. The summed E-state index contributed by atoms with van der Waals surface area (Å²) in [6.07, 6.45) is 1.35. The number of nitrogen functional groups attached to an aromatic ring is 1. The van der Waals surface area contributed by atoms with Gasteiger partial charge in [-0.25, -0.2) is 8.99 Å². The van der Waals surface area contributed by atoms with Gasteiger partial charge in [0, 0.05) is 21.4 Å². The number of carbonyl (C=O) groups excluding carboxylic acids is 1. The minimum absolute atomic E-state index is 0.112. The Labute approximate surface area is 166 Å². The standard InChI is InChI=1S/C20H17N3O3S2/c1-28(22,25)14-5-7-17-13(9-14)11-18(26-17)20(24)23-16-10-12(4-6-15(16)21)19-3-2-8-27-19/h2-11,22H,21H2,1H3,(H,23,24). The Morgan fingerprint density at radius 2 is 2.00 bits per heavy atom. The highest BCUT2D eigenvalue weighted by Crippen LogP contribution is 2.31. The molecule has 0 aliphatic heterocycles. The fourth-order valence-electron chi connectivity index (χ4n) is 2.82. The van der Waals surface area contributed by atoms with Gasteiger partial charge in [0.25, 0.3) is 5.91 Å². The molecular formula is C20H17N3O3S2. The van der Waals surface area contributed by atoms with Crippen molar-refractivity contribution < 1.29 is 13.4 Å². The topological polar surface area (TPSA) is 109 Å². The molecule has 2 aromatic heterocycles. The first kappa shape index (κ1) is 18.3. The van der Waals surface area contributed by atoms with Gasteiger partial charge >= 0.3 is 0 Å². The van der Waals surface area contributed by atoms with Gasteiger partial charge in [-0.15, -0.1) is 11.3 Å². The fourth-order valence-corrected chi connectivity index (χ4v) is 4.22. The quantitative estimate of drug-likeness (QED) is 0.409. The molecule has 0 radical (unpaired) electrons. The zero-order valence-corrected chi connectivity index (χ0v) is 16.5. The molecule has 2 aromatic carbocycles. The first-order chi connectivity index (χ1) is 13.3. The third kappa shape index (κ3) is 3.51. The maximum atomic E-state index is 12.7. The smallest absolute Gasteiger partial charge is 0.291 e. The summed E-state index contributed by atoms with van der Waals surface area (Å²) in [5, 5.41) is 5.39. The average molecular weight is 412 g/mol. The van der Waals surface area contributed by atoms with Gasteiger partial charge in [-0.1, -0.05) is 12.1 Å². The van der Waals surface area contributed by atoms with Gasteiger partial charge in [0.2, 0.25) is 0 Å². The van der Waals surface area contributed by atoms with Crippen LogP contribution in [0, 0.1) is 4.78 Å². The highest BCUT2D eigenvalue weighted by atomic mass is 32.2.